The van der Waals surface area contributed by atoms with Crippen LogP contribution in [0.25, 0.3) is 10.4 Å². The number of ether oxygens (including phenoxy) is 1. The zero-order chi connectivity index (χ0) is 22.0. The molecule has 2 unspecified atom stereocenters. The van der Waals surface area contributed by atoms with E-state index in [-0.39, 0.29) is 11.6 Å². The van der Waals surface area contributed by atoms with Gasteiger partial charge in [-0.25, -0.2) is 0 Å². The minimum atomic E-state index is 0.0289. The molecule has 0 aromatic heterocycles. The minimum absolute atomic E-state index is 0.0289. The Balaban J connectivity index is 1.32. The third kappa shape index (κ3) is 3.22. The highest BCUT2D eigenvalue weighted by Crippen LogP contribution is 2.74. The van der Waals surface area contributed by atoms with Crippen LogP contribution in [0.15, 0.2) is 5.11 Å². The van der Waals surface area contributed by atoms with Crippen LogP contribution in [-0.4, -0.2) is 17.7 Å². The Kier molecular flexibility index (Phi) is 5.45. The van der Waals surface area contributed by atoms with Crippen molar-refractivity contribution in [3.05, 3.63) is 10.4 Å². The fourth-order valence-corrected chi connectivity index (χ4v) is 9.85. The van der Waals surface area contributed by atoms with Crippen LogP contribution in [0, 0.1) is 46.3 Å². The molecule has 0 aromatic carbocycles. The average Bonchev–Trinajstić information content (AvgIpc) is 3.29. The van der Waals surface area contributed by atoms with Crippen molar-refractivity contribution in [1.29, 1.82) is 0 Å². The van der Waals surface area contributed by atoms with Crippen LogP contribution >= 0.6 is 0 Å². The molecule has 4 saturated carbocycles. The molecule has 4 nitrogen and oxygen atoms in total. The van der Waals surface area contributed by atoms with Crippen LogP contribution in [0.1, 0.15) is 105 Å². The SMILES string of the molecule is CC(C)CCC[C@@H](C)[C@H]1CC[C@H]2[C@@H]3C[C@@H]4OC45CC(N=[N+]=[N-])CC[C@]5(C)[C@H]3CC[C@]12C. The van der Waals surface area contributed by atoms with Crippen molar-refractivity contribution in [1.82, 2.24) is 0 Å². The molecule has 31 heavy (non-hydrogen) atoms. The van der Waals surface area contributed by atoms with E-state index in [4.69, 9.17) is 10.3 Å². The van der Waals surface area contributed by atoms with Gasteiger partial charge >= 0.3 is 0 Å². The fraction of sp³-hybridized carbons (Fsp3) is 1.00. The van der Waals surface area contributed by atoms with Crippen molar-refractivity contribution in [2.75, 3.05) is 0 Å². The summed E-state index contributed by atoms with van der Waals surface area (Å²) in [4.78, 5) is 3.13. The van der Waals surface area contributed by atoms with E-state index >= 15 is 0 Å². The summed E-state index contributed by atoms with van der Waals surface area (Å²) in [6, 6.07) is 0.149. The van der Waals surface area contributed by atoms with Gasteiger partial charge in [0.05, 0.1) is 6.10 Å². The minimum Gasteiger partial charge on any atom is -0.365 e. The van der Waals surface area contributed by atoms with Crippen molar-refractivity contribution < 1.29 is 4.74 Å². The Hall–Kier alpha value is -0.730. The van der Waals surface area contributed by atoms with Crippen molar-refractivity contribution in [3.8, 4) is 0 Å². The molecule has 1 saturated heterocycles. The predicted octanol–water partition coefficient (Wildman–Crippen LogP) is 7.92. The van der Waals surface area contributed by atoms with Crippen molar-refractivity contribution in [3.63, 3.8) is 0 Å². The summed E-state index contributed by atoms with van der Waals surface area (Å²) >= 11 is 0. The Morgan fingerprint density at radius 3 is 2.58 bits per heavy atom. The van der Waals surface area contributed by atoms with Gasteiger partial charge in [0.25, 0.3) is 0 Å². The van der Waals surface area contributed by atoms with Gasteiger partial charge in [0.15, 0.2) is 0 Å². The van der Waals surface area contributed by atoms with E-state index in [9.17, 15) is 0 Å². The zero-order valence-corrected chi connectivity index (χ0v) is 20.6. The second-order valence-electron chi connectivity index (χ2n) is 13.2. The van der Waals surface area contributed by atoms with Crippen LogP contribution in [0.2, 0.25) is 0 Å². The van der Waals surface area contributed by atoms with E-state index in [0.29, 0.717) is 16.9 Å². The van der Waals surface area contributed by atoms with E-state index in [2.05, 4.69) is 44.6 Å². The lowest BCUT2D eigenvalue weighted by Gasteiger charge is -2.59. The number of azide groups is 1. The molecule has 1 spiro atoms. The number of epoxide rings is 1. The summed E-state index contributed by atoms with van der Waals surface area (Å²) in [5, 5.41) is 4.11. The predicted molar refractivity (Wildman–Crippen MR) is 126 cm³/mol. The summed E-state index contributed by atoms with van der Waals surface area (Å²) in [5.74, 6) is 5.20. The van der Waals surface area contributed by atoms with Crippen LogP contribution < -0.4 is 0 Å². The molecular weight excluding hydrogens is 382 g/mol. The number of hydrogen-bond donors (Lipinski definition) is 0. The average molecular weight is 428 g/mol. The first kappa shape index (κ1) is 22.1. The summed E-state index contributed by atoms with van der Waals surface area (Å²) in [6.07, 6.45) is 14.9. The molecule has 174 valence electrons. The summed E-state index contributed by atoms with van der Waals surface area (Å²) < 4.78 is 6.59. The summed E-state index contributed by atoms with van der Waals surface area (Å²) in [7, 11) is 0. The molecule has 4 heteroatoms. The maximum atomic E-state index is 8.96. The molecule has 1 heterocycles. The maximum absolute atomic E-state index is 8.96. The van der Waals surface area contributed by atoms with Crippen molar-refractivity contribution in [2.45, 2.75) is 123 Å². The second kappa shape index (κ2) is 7.66. The molecule has 0 bridgehead atoms. The van der Waals surface area contributed by atoms with E-state index in [1.807, 2.05) is 0 Å². The van der Waals surface area contributed by atoms with Gasteiger partial charge in [0.2, 0.25) is 0 Å². The van der Waals surface area contributed by atoms with Gasteiger partial charge in [-0.05, 0) is 97.8 Å². The van der Waals surface area contributed by atoms with Crippen molar-refractivity contribution >= 4 is 0 Å². The highest BCUT2D eigenvalue weighted by Gasteiger charge is 2.76. The maximum Gasteiger partial charge on any atom is 0.101 e. The topological polar surface area (TPSA) is 61.3 Å². The molecule has 5 rings (SSSR count). The Morgan fingerprint density at radius 1 is 1.03 bits per heavy atom. The third-order valence-electron chi connectivity index (χ3n) is 11.5. The molecular formula is C27H45N3O. The Bertz CT molecular complexity index is 747. The van der Waals surface area contributed by atoms with Gasteiger partial charge < -0.3 is 4.74 Å². The molecule has 5 fully saturated rings. The molecule has 1 aliphatic heterocycles. The monoisotopic (exact) mass is 427 g/mol. The molecule has 0 aromatic rings. The second-order valence-corrected chi connectivity index (χ2v) is 13.2. The van der Waals surface area contributed by atoms with Crippen LogP contribution in [0.5, 0.6) is 0 Å². The van der Waals surface area contributed by atoms with Crippen LogP contribution in [-0.2, 0) is 4.74 Å². The van der Waals surface area contributed by atoms with E-state index in [1.165, 1.54) is 57.8 Å². The van der Waals surface area contributed by atoms with Crippen LogP contribution in [0.3, 0.4) is 0 Å². The molecule has 5 aliphatic rings. The fourth-order valence-electron chi connectivity index (χ4n) is 9.85. The smallest absolute Gasteiger partial charge is 0.101 e. The van der Waals surface area contributed by atoms with Gasteiger partial charge in [-0.3, -0.25) is 0 Å². The lowest BCUT2D eigenvalue weighted by Crippen LogP contribution is -2.58. The Labute approximate surface area is 189 Å². The number of fused-ring (bicyclic) bond motifs is 4. The highest BCUT2D eigenvalue weighted by molar-refractivity contribution is 5.24. The van der Waals surface area contributed by atoms with Gasteiger partial charge in [-0.15, -0.1) is 0 Å². The van der Waals surface area contributed by atoms with E-state index < -0.39 is 0 Å². The normalized spacial score (nSPS) is 51.2. The van der Waals surface area contributed by atoms with Gasteiger partial charge in [-0.2, -0.15) is 0 Å². The highest BCUT2D eigenvalue weighted by atomic mass is 16.6. The van der Waals surface area contributed by atoms with Gasteiger partial charge in [0, 0.05) is 16.4 Å². The number of nitrogens with zero attached hydrogens (tertiary/aromatic N) is 3. The first-order valence-corrected chi connectivity index (χ1v) is 13.5. The summed E-state index contributed by atoms with van der Waals surface area (Å²) in [6.45, 7) is 12.5. The first-order valence-electron chi connectivity index (χ1n) is 13.5. The molecule has 0 N–H and O–H groups in total. The first-order chi connectivity index (χ1) is 14.7. The lowest BCUT2D eigenvalue weighted by molar-refractivity contribution is -0.102. The summed E-state index contributed by atoms with van der Waals surface area (Å²) in [5.41, 5.74) is 9.84. The largest absolute Gasteiger partial charge is 0.365 e. The third-order valence-corrected chi connectivity index (χ3v) is 11.5. The quantitative estimate of drug-likeness (QED) is 0.184. The van der Waals surface area contributed by atoms with Crippen LogP contribution in [0.4, 0.5) is 0 Å². The number of hydrogen-bond acceptors (Lipinski definition) is 2. The van der Waals surface area contributed by atoms with Gasteiger partial charge in [0.1, 0.15) is 5.60 Å². The van der Waals surface area contributed by atoms with E-state index in [1.54, 1.807) is 0 Å². The Morgan fingerprint density at radius 2 is 1.84 bits per heavy atom. The van der Waals surface area contributed by atoms with E-state index in [0.717, 1.165) is 48.3 Å². The molecule has 0 amide bonds. The lowest BCUT2D eigenvalue weighted by atomic mass is 9.44. The molecule has 10 atom stereocenters. The number of rotatable bonds is 6. The van der Waals surface area contributed by atoms with Gasteiger partial charge in [-0.1, -0.05) is 59.0 Å². The molecule has 4 aliphatic carbocycles. The standard InChI is InChI=1S/C27H45N3O/c1-17(2)7-6-8-18(3)21-9-10-22-20-15-24-27(31-24)16-19(29-30-28)11-14-26(27,5)23(20)12-13-25(21,22)4/h17-24H,6-16H2,1-5H3/t18-,19?,20+,21-,22+,23+,24+,25-,26-,27?/m1/s1. The molecule has 0 radical (unpaired) electrons. The zero-order valence-electron chi connectivity index (χ0n) is 20.6. The van der Waals surface area contributed by atoms with Crippen molar-refractivity contribution in [2.24, 2.45) is 51.5 Å².